The van der Waals surface area contributed by atoms with Crippen molar-refractivity contribution in [2.75, 3.05) is 0 Å². The molecule has 0 aliphatic carbocycles. The molecule has 0 amide bonds. The van der Waals surface area contributed by atoms with Gasteiger partial charge in [0, 0.05) is 11.8 Å². The highest BCUT2D eigenvalue weighted by molar-refractivity contribution is 6.43. The van der Waals surface area contributed by atoms with E-state index >= 15 is 0 Å². The van der Waals surface area contributed by atoms with E-state index in [9.17, 15) is 9.59 Å². The Morgan fingerprint density at radius 2 is 2.05 bits per heavy atom. The Balaban J connectivity index is 2.74. The maximum atomic E-state index is 11.6. The number of hydrogen-bond acceptors (Lipinski definition) is 3. The van der Waals surface area contributed by atoms with Gasteiger partial charge in [-0.1, -0.05) is 29.3 Å². The van der Waals surface area contributed by atoms with Gasteiger partial charge in [0.05, 0.1) is 15.7 Å². The van der Waals surface area contributed by atoms with E-state index in [1.807, 2.05) is 0 Å². The van der Waals surface area contributed by atoms with Crippen molar-refractivity contribution >= 4 is 29.2 Å². The molecule has 0 unspecified atom stereocenters. The van der Waals surface area contributed by atoms with Crippen molar-refractivity contribution in [3.8, 4) is 5.69 Å². The minimum absolute atomic E-state index is 0.232. The molecular formula is C12H8Cl2N2O3. The summed E-state index contributed by atoms with van der Waals surface area (Å²) in [6, 6.07) is 4.87. The molecule has 5 nitrogen and oxygen atoms in total. The number of hydrogen-bond donors (Lipinski definition) is 1. The fourth-order valence-electron chi connectivity index (χ4n) is 1.54. The van der Waals surface area contributed by atoms with Crippen LogP contribution in [0.25, 0.3) is 5.69 Å². The summed E-state index contributed by atoms with van der Waals surface area (Å²) in [6.07, 6.45) is 1.41. The molecule has 1 N–H and O–H groups in total. The van der Waals surface area contributed by atoms with Gasteiger partial charge in [0.25, 0.3) is 0 Å². The summed E-state index contributed by atoms with van der Waals surface area (Å²) < 4.78 is 1.23. The van der Waals surface area contributed by atoms with Crippen molar-refractivity contribution in [3.05, 3.63) is 55.9 Å². The molecule has 0 fully saturated rings. The summed E-state index contributed by atoms with van der Waals surface area (Å²) >= 11 is 11.9. The first-order valence-corrected chi connectivity index (χ1v) is 5.95. The van der Waals surface area contributed by atoms with Gasteiger partial charge in [0.15, 0.2) is 0 Å². The molecule has 1 aromatic heterocycles. The zero-order chi connectivity index (χ0) is 14.2. The van der Waals surface area contributed by atoms with E-state index in [4.69, 9.17) is 28.3 Å². The molecule has 2 aromatic rings. The molecule has 0 bridgehead atoms. The summed E-state index contributed by atoms with van der Waals surface area (Å²) in [5.41, 5.74) is -0.527. The third kappa shape index (κ3) is 2.47. The standard InChI is InChI=1S/C12H8Cl2N2O3/c1-6-5-16(15-10(11(6)17)12(18)19)8-4-2-3-7(13)9(8)14/h2-5H,1H3,(H,18,19). The average Bonchev–Trinajstić information content (AvgIpc) is 2.35. The largest absolute Gasteiger partial charge is 0.476 e. The Labute approximate surface area is 118 Å². The number of halogens is 2. The first-order chi connectivity index (χ1) is 8.91. The summed E-state index contributed by atoms with van der Waals surface area (Å²) in [6.45, 7) is 1.51. The van der Waals surface area contributed by atoms with Crippen LogP contribution in [0.2, 0.25) is 10.0 Å². The number of aryl methyl sites for hydroxylation is 1. The third-order valence-corrected chi connectivity index (χ3v) is 3.29. The third-order valence-electron chi connectivity index (χ3n) is 2.48. The molecule has 0 saturated carbocycles. The molecule has 0 atom stereocenters. The zero-order valence-electron chi connectivity index (χ0n) is 9.72. The zero-order valence-corrected chi connectivity index (χ0v) is 11.2. The van der Waals surface area contributed by atoms with Gasteiger partial charge in [-0.2, -0.15) is 5.10 Å². The van der Waals surface area contributed by atoms with Crippen LogP contribution in [0.15, 0.2) is 29.2 Å². The molecule has 19 heavy (non-hydrogen) atoms. The lowest BCUT2D eigenvalue weighted by molar-refractivity contribution is 0.0686. The molecule has 0 aliphatic rings. The van der Waals surface area contributed by atoms with Crippen LogP contribution >= 0.6 is 23.2 Å². The second-order valence-electron chi connectivity index (χ2n) is 3.81. The maximum absolute atomic E-state index is 11.6. The van der Waals surface area contributed by atoms with Gasteiger partial charge in [0.2, 0.25) is 11.1 Å². The lowest BCUT2D eigenvalue weighted by Crippen LogP contribution is -2.23. The molecule has 0 aliphatic heterocycles. The molecule has 1 heterocycles. The average molecular weight is 299 g/mol. The summed E-state index contributed by atoms with van der Waals surface area (Å²) in [5, 5.41) is 13.3. The van der Waals surface area contributed by atoms with Crippen molar-refractivity contribution in [1.29, 1.82) is 0 Å². The molecule has 1 aromatic carbocycles. The molecule has 0 spiro atoms. The fraction of sp³-hybridized carbons (Fsp3) is 0.0833. The fourth-order valence-corrected chi connectivity index (χ4v) is 1.93. The van der Waals surface area contributed by atoms with Crippen LogP contribution in [-0.4, -0.2) is 20.9 Å². The second-order valence-corrected chi connectivity index (χ2v) is 4.60. The lowest BCUT2D eigenvalue weighted by Gasteiger charge is -2.10. The molecule has 2 rings (SSSR count). The number of carboxylic acids is 1. The molecular weight excluding hydrogens is 291 g/mol. The summed E-state index contributed by atoms with van der Waals surface area (Å²) in [4.78, 5) is 22.6. The van der Waals surface area contributed by atoms with E-state index in [0.717, 1.165) is 0 Å². The van der Waals surface area contributed by atoms with Crippen LogP contribution in [0.3, 0.4) is 0 Å². The topological polar surface area (TPSA) is 72.2 Å². The Bertz CT molecular complexity index is 725. The van der Waals surface area contributed by atoms with E-state index in [2.05, 4.69) is 5.10 Å². The van der Waals surface area contributed by atoms with Gasteiger partial charge >= 0.3 is 5.97 Å². The van der Waals surface area contributed by atoms with Crippen molar-refractivity contribution in [2.24, 2.45) is 0 Å². The number of rotatable bonds is 2. The molecule has 0 saturated heterocycles. The predicted molar refractivity (Wildman–Crippen MR) is 71.6 cm³/mol. The molecule has 0 radical (unpaired) electrons. The van der Waals surface area contributed by atoms with E-state index in [1.165, 1.54) is 17.8 Å². The number of carboxylic acid groups (broad SMARTS) is 1. The minimum Gasteiger partial charge on any atom is -0.476 e. The predicted octanol–water partition coefficient (Wildman–Crippen LogP) is 2.55. The highest BCUT2D eigenvalue weighted by Crippen LogP contribution is 2.27. The number of benzene rings is 1. The molecule has 7 heteroatoms. The van der Waals surface area contributed by atoms with Gasteiger partial charge in [0.1, 0.15) is 0 Å². The van der Waals surface area contributed by atoms with Crippen LogP contribution in [0, 0.1) is 6.92 Å². The van der Waals surface area contributed by atoms with Crippen LogP contribution in [-0.2, 0) is 0 Å². The SMILES string of the molecule is Cc1cn(-c2cccc(Cl)c2Cl)nc(C(=O)O)c1=O. The Kier molecular flexibility index (Phi) is 3.59. The first kappa shape index (κ1) is 13.6. The van der Waals surface area contributed by atoms with Crippen LogP contribution in [0.1, 0.15) is 16.1 Å². The first-order valence-electron chi connectivity index (χ1n) is 5.20. The Morgan fingerprint density at radius 3 is 2.68 bits per heavy atom. The van der Waals surface area contributed by atoms with E-state index in [0.29, 0.717) is 10.7 Å². The normalized spacial score (nSPS) is 10.5. The lowest BCUT2D eigenvalue weighted by atomic mass is 10.2. The second kappa shape index (κ2) is 5.03. The van der Waals surface area contributed by atoms with E-state index < -0.39 is 17.1 Å². The van der Waals surface area contributed by atoms with Crippen molar-refractivity contribution in [3.63, 3.8) is 0 Å². The van der Waals surface area contributed by atoms with Gasteiger partial charge < -0.3 is 5.11 Å². The maximum Gasteiger partial charge on any atom is 0.360 e. The quantitative estimate of drug-likeness (QED) is 0.925. The molecule has 98 valence electrons. The summed E-state index contributed by atoms with van der Waals surface area (Å²) in [7, 11) is 0. The highest BCUT2D eigenvalue weighted by Gasteiger charge is 2.15. The van der Waals surface area contributed by atoms with Gasteiger partial charge in [-0.15, -0.1) is 0 Å². The van der Waals surface area contributed by atoms with Gasteiger partial charge in [-0.3, -0.25) is 4.79 Å². The smallest absolute Gasteiger partial charge is 0.360 e. The van der Waals surface area contributed by atoms with Crippen molar-refractivity contribution in [2.45, 2.75) is 6.92 Å². The monoisotopic (exact) mass is 298 g/mol. The van der Waals surface area contributed by atoms with Gasteiger partial charge in [-0.25, -0.2) is 9.48 Å². The van der Waals surface area contributed by atoms with Crippen LogP contribution in [0.4, 0.5) is 0 Å². The van der Waals surface area contributed by atoms with Gasteiger partial charge in [-0.05, 0) is 19.1 Å². The number of nitrogens with zero attached hydrogens (tertiary/aromatic N) is 2. The van der Waals surface area contributed by atoms with E-state index in [-0.39, 0.29) is 10.6 Å². The van der Waals surface area contributed by atoms with Crippen molar-refractivity contribution < 1.29 is 9.90 Å². The number of aromatic carboxylic acids is 1. The van der Waals surface area contributed by atoms with E-state index in [1.54, 1.807) is 18.2 Å². The Hall–Kier alpha value is -1.85. The van der Waals surface area contributed by atoms with Crippen LogP contribution < -0.4 is 5.43 Å². The van der Waals surface area contributed by atoms with Crippen LogP contribution in [0.5, 0.6) is 0 Å². The summed E-state index contributed by atoms with van der Waals surface area (Å²) in [5.74, 6) is -1.39. The van der Waals surface area contributed by atoms with Crippen molar-refractivity contribution in [1.82, 2.24) is 9.78 Å². The number of aromatic nitrogens is 2. The Morgan fingerprint density at radius 1 is 1.37 bits per heavy atom. The number of carbonyl (C=O) groups is 1. The highest BCUT2D eigenvalue weighted by atomic mass is 35.5. The minimum atomic E-state index is -1.39.